The smallest absolute Gasteiger partial charge is 0.319 e. The molecule has 0 heterocycles. The first-order chi connectivity index (χ1) is 10.1. The number of ether oxygens (including phenoxy) is 2. The van der Waals surface area contributed by atoms with Gasteiger partial charge >= 0.3 is 5.97 Å². The van der Waals surface area contributed by atoms with E-state index in [4.69, 9.17) is 9.47 Å². The molecule has 21 heavy (non-hydrogen) atoms. The van der Waals surface area contributed by atoms with E-state index >= 15 is 0 Å². The van der Waals surface area contributed by atoms with Crippen molar-refractivity contribution in [1.82, 2.24) is 0 Å². The Morgan fingerprint density at radius 2 is 1.95 bits per heavy atom. The average Bonchev–Trinajstić information content (AvgIpc) is 2.49. The van der Waals surface area contributed by atoms with Crippen LogP contribution < -0.4 is 0 Å². The van der Waals surface area contributed by atoms with Gasteiger partial charge in [-0.1, -0.05) is 30.3 Å². The molecule has 1 N–H and O–H groups in total. The molecule has 2 atom stereocenters. The van der Waals surface area contributed by atoms with Gasteiger partial charge < -0.3 is 14.6 Å². The zero-order valence-corrected chi connectivity index (χ0v) is 13.0. The van der Waals surface area contributed by atoms with Crippen LogP contribution in [0.2, 0.25) is 0 Å². The molecular formula is C15H22O5S. The number of benzene rings is 1. The third kappa shape index (κ3) is 7.36. The Hall–Kier alpha value is -1.24. The van der Waals surface area contributed by atoms with Crippen molar-refractivity contribution in [1.29, 1.82) is 0 Å². The molecule has 0 radical (unpaired) electrons. The van der Waals surface area contributed by atoms with Gasteiger partial charge in [-0.2, -0.15) is 0 Å². The fraction of sp³-hybridized carbons (Fsp3) is 0.533. The third-order valence-electron chi connectivity index (χ3n) is 2.92. The summed E-state index contributed by atoms with van der Waals surface area (Å²) in [6.45, 7) is 1.48. The Labute approximate surface area is 127 Å². The second-order valence-corrected chi connectivity index (χ2v) is 6.30. The highest BCUT2D eigenvalue weighted by molar-refractivity contribution is 7.86. The van der Waals surface area contributed by atoms with Gasteiger partial charge in [0.2, 0.25) is 0 Å². The number of carboxylic acid groups (broad SMARTS) is 1. The van der Waals surface area contributed by atoms with Crippen LogP contribution in [0.25, 0.3) is 0 Å². The van der Waals surface area contributed by atoms with Crippen LogP contribution in [0.4, 0.5) is 0 Å². The second-order valence-electron chi connectivity index (χ2n) is 4.56. The van der Waals surface area contributed by atoms with Gasteiger partial charge in [0.1, 0.15) is 5.25 Å². The van der Waals surface area contributed by atoms with Crippen molar-refractivity contribution >= 4 is 16.8 Å². The lowest BCUT2D eigenvalue weighted by Gasteiger charge is -2.12. The van der Waals surface area contributed by atoms with Gasteiger partial charge in [0.25, 0.3) is 0 Å². The fourth-order valence-electron chi connectivity index (χ4n) is 1.81. The summed E-state index contributed by atoms with van der Waals surface area (Å²) in [6.07, 6.45) is 0.863. The number of hydrogen-bond acceptors (Lipinski definition) is 4. The van der Waals surface area contributed by atoms with Gasteiger partial charge in [-0.15, -0.1) is 0 Å². The lowest BCUT2D eigenvalue weighted by atomic mass is 10.1. The van der Waals surface area contributed by atoms with E-state index in [1.165, 1.54) is 0 Å². The van der Waals surface area contributed by atoms with Crippen LogP contribution >= 0.6 is 0 Å². The Morgan fingerprint density at radius 1 is 1.24 bits per heavy atom. The molecule has 0 bridgehead atoms. The minimum absolute atomic E-state index is 0.285. The number of rotatable bonds is 11. The van der Waals surface area contributed by atoms with Crippen LogP contribution in [0.1, 0.15) is 12.0 Å². The van der Waals surface area contributed by atoms with Crippen LogP contribution in [0.15, 0.2) is 30.3 Å². The first-order valence-corrected chi connectivity index (χ1v) is 8.24. The predicted octanol–water partition coefficient (Wildman–Crippen LogP) is 1.48. The van der Waals surface area contributed by atoms with E-state index in [0.29, 0.717) is 32.0 Å². The molecule has 0 spiro atoms. The highest BCUT2D eigenvalue weighted by Gasteiger charge is 2.24. The largest absolute Gasteiger partial charge is 0.480 e. The van der Waals surface area contributed by atoms with Crippen molar-refractivity contribution in [3.05, 3.63) is 35.9 Å². The highest BCUT2D eigenvalue weighted by Crippen LogP contribution is 2.09. The summed E-state index contributed by atoms with van der Waals surface area (Å²) in [4.78, 5) is 11.3. The summed E-state index contributed by atoms with van der Waals surface area (Å²) < 4.78 is 22.2. The number of carbonyl (C=O) groups is 1. The van der Waals surface area contributed by atoms with Crippen LogP contribution in [0.3, 0.4) is 0 Å². The van der Waals surface area contributed by atoms with E-state index < -0.39 is 22.0 Å². The lowest BCUT2D eigenvalue weighted by molar-refractivity contribution is -0.136. The molecule has 0 fully saturated rings. The zero-order chi connectivity index (χ0) is 15.5. The summed E-state index contributed by atoms with van der Waals surface area (Å²) in [6, 6.07) is 9.26. The number of aliphatic carboxylic acids is 1. The molecule has 0 aromatic heterocycles. The molecule has 1 rings (SSSR count). The van der Waals surface area contributed by atoms with Gasteiger partial charge in [-0.05, 0) is 18.4 Å². The van der Waals surface area contributed by atoms with Crippen molar-refractivity contribution in [2.75, 3.05) is 32.7 Å². The molecule has 6 heteroatoms. The van der Waals surface area contributed by atoms with Crippen molar-refractivity contribution in [2.45, 2.75) is 18.1 Å². The molecule has 0 amide bonds. The molecule has 0 saturated heterocycles. The maximum atomic E-state index is 12.1. The minimum Gasteiger partial charge on any atom is -0.480 e. The maximum Gasteiger partial charge on any atom is 0.319 e. The summed E-state index contributed by atoms with van der Waals surface area (Å²) in [5.41, 5.74) is 0.884. The van der Waals surface area contributed by atoms with Crippen molar-refractivity contribution in [2.24, 2.45) is 0 Å². The Kier molecular flexibility index (Phi) is 8.89. The first kappa shape index (κ1) is 17.8. The van der Waals surface area contributed by atoms with E-state index in [-0.39, 0.29) is 6.42 Å². The summed E-state index contributed by atoms with van der Waals surface area (Å²) in [7, 11) is 0.190. The summed E-state index contributed by atoms with van der Waals surface area (Å²) in [5.74, 6) is -0.686. The van der Waals surface area contributed by atoms with Gasteiger partial charge in [0.05, 0.1) is 13.2 Å². The lowest BCUT2D eigenvalue weighted by Crippen LogP contribution is -2.30. The van der Waals surface area contributed by atoms with Crippen LogP contribution in [-0.2, 0) is 31.5 Å². The summed E-state index contributed by atoms with van der Waals surface area (Å²) in [5, 5.41) is 8.37. The van der Waals surface area contributed by atoms with Crippen LogP contribution in [0.5, 0.6) is 0 Å². The predicted molar refractivity (Wildman–Crippen MR) is 81.9 cm³/mol. The maximum absolute atomic E-state index is 12.1. The molecule has 0 aliphatic carbocycles. The van der Waals surface area contributed by atoms with E-state index in [2.05, 4.69) is 0 Å². The van der Waals surface area contributed by atoms with Gasteiger partial charge in [-0.25, -0.2) is 0 Å². The van der Waals surface area contributed by atoms with Crippen molar-refractivity contribution in [3.8, 4) is 0 Å². The molecular weight excluding hydrogens is 292 g/mol. The van der Waals surface area contributed by atoms with Gasteiger partial charge in [0.15, 0.2) is 0 Å². The topological polar surface area (TPSA) is 72.8 Å². The Bertz CT molecular complexity index is 435. The van der Waals surface area contributed by atoms with E-state index in [9.17, 15) is 14.1 Å². The van der Waals surface area contributed by atoms with Crippen molar-refractivity contribution in [3.63, 3.8) is 0 Å². The van der Waals surface area contributed by atoms with Crippen LogP contribution in [-0.4, -0.2) is 53.2 Å². The number of methoxy groups -OCH3 is 1. The van der Waals surface area contributed by atoms with E-state index in [1.807, 2.05) is 30.3 Å². The molecule has 1 aromatic rings. The Morgan fingerprint density at radius 3 is 2.57 bits per heavy atom. The van der Waals surface area contributed by atoms with E-state index in [1.54, 1.807) is 7.11 Å². The number of carboxylic acids is 1. The quantitative estimate of drug-likeness (QED) is 0.626. The number of hydrogen-bond donors (Lipinski definition) is 1. The molecule has 1 aromatic carbocycles. The summed E-state index contributed by atoms with van der Waals surface area (Å²) >= 11 is 0. The van der Waals surface area contributed by atoms with Crippen molar-refractivity contribution < 1.29 is 23.6 Å². The molecule has 0 aliphatic heterocycles. The minimum atomic E-state index is -1.41. The molecule has 0 aliphatic rings. The Balaban J connectivity index is 2.38. The average molecular weight is 314 g/mol. The third-order valence-corrected chi connectivity index (χ3v) is 4.62. The molecule has 2 unspecified atom stereocenters. The SMILES string of the molecule is COCCOCCCS(=O)C(Cc1ccccc1)C(=O)O. The second kappa shape index (κ2) is 10.5. The fourth-order valence-corrected chi connectivity index (χ4v) is 3.10. The zero-order valence-electron chi connectivity index (χ0n) is 12.2. The van der Waals surface area contributed by atoms with Gasteiger partial charge in [0, 0.05) is 30.3 Å². The standard InChI is InChI=1S/C15H22O5S/c1-19-9-10-20-8-5-11-21(18)14(15(16)17)12-13-6-3-2-4-7-13/h2-4,6-7,14H,5,8-12H2,1H3,(H,16,17). The highest BCUT2D eigenvalue weighted by atomic mass is 32.2. The normalized spacial score (nSPS) is 13.8. The van der Waals surface area contributed by atoms with E-state index in [0.717, 1.165) is 5.56 Å². The molecule has 0 saturated carbocycles. The monoisotopic (exact) mass is 314 g/mol. The molecule has 118 valence electrons. The molecule has 5 nitrogen and oxygen atoms in total. The van der Waals surface area contributed by atoms with Gasteiger partial charge in [-0.3, -0.25) is 9.00 Å². The first-order valence-electron chi connectivity index (χ1n) is 6.85. The van der Waals surface area contributed by atoms with Crippen LogP contribution in [0, 0.1) is 0 Å².